The lowest BCUT2D eigenvalue weighted by molar-refractivity contribution is -0.116. The minimum absolute atomic E-state index is 0.147. The molecule has 122 valence electrons. The quantitative estimate of drug-likeness (QED) is 0.753. The van der Waals surface area contributed by atoms with E-state index in [2.05, 4.69) is 15.3 Å². The Kier molecular flexibility index (Phi) is 4.67. The van der Waals surface area contributed by atoms with Gasteiger partial charge in [0.25, 0.3) is 0 Å². The molecule has 2 aromatic heterocycles. The number of amides is 1. The van der Waals surface area contributed by atoms with E-state index >= 15 is 0 Å². The van der Waals surface area contributed by atoms with Crippen LogP contribution in [0.15, 0.2) is 55.0 Å². The second-order valence-electron chi connectivity index (χ2n) is 5.43. The highest BCUT2D eigenvalue weighted by Gasteiger charge is 2.13. The molecular weight excluding hydrogens is 304 g/mol. The number of fused-ring (bicyclic) bond motifs is 1. The van der Waals surface area contributed by atoms with Crippen LogP contribution in [0, 0.1) is 0 Å². The average molecular weight is 322 g/mol. The molecule has 0 saturated carbocycles. The summed E-state index contributed by atoms with van der Waals surface area (Å²) in [6.07, 6.45) is 5.30. The highest BCUT2D eigenvalue weighted by atomic mass is 16.5. The van der Waals surface area contributed by atoms with Crippen molar-refractivity contribution in [1.82, 2.24) is 9.97 Å². The number of hydrogen-bond acceptors (Lipinski definition) is 5. The molecule has 0 radical (unpaired) electrons. The van der Waals surface area contributed by atoms with Gasteiger partial charge in [0.2, 0.25) is 11.8 Å². The Hall–Kier alpha value is -2.99. The van der Waals surface area contributed by atoms with Gasteiger partial charge in [-0.2, -0.15) is 0 Å². The number of nitrogens with two attached hydrogens (primary N) is 1. The standard InChI is InChI=1S/C18H18N4O2/c1-24-18-5-3-14(11-21-18)16(19)9-17(23)22-15-4-2-13-10-20-7-6-12(13)8-15/h2-8,10-11,16H,9,19H2,1H3,(H,22,23)/t16-/m0/s1. The lowest BCUT2D eigenvalue weighted by Crippen LogP contribution is -2.20. The Balaban J connectivity index is 1.65. The van der Waals surface area contributed by atoms with Gasteiger partial charge in [0.15, 0.2) is 0 Å². The fourth-order valence-electron chi connectivity index (χ4n) is 2.42. The molecule has 0 bridgehead atoms. The van der Waals surface area contributed by atoms with Crippen molar-refractivity contribution in [2.75, 3.05) is 12.4 Å². The molecule has 6 nitrogen and oxygen atoms in total. The maximum Gasteiger partial charge on any atom is 0.226 e. The van der Waals surface area contributed by atoms with Crippen LogP contribution in [0.2, 0.25) is 0 Å². The summed E-state index contributed by atoms with van der Waals surface area (Å²) in [5, 5.41) is 4.92. The van der Waals surface area contributed by atoms with Crippen LogP contribution in [0.3, 0.4) is 0 Å². The van der Waals surface area contributed by atoms with E-state index in [9.17, 15) is 4.79 Å². The summed E-state index contributed by atoms with van der Waals surface area (Å²) in [5.74, 6) is 0.368. The molecule has 0 aliphatic carbocycles. The predicted molar refractivity (Wildman–Crippen MR) is 92.7 cm³/mol. The summed E-state index contributed by atoms with van der Waals surface area (Å²) >= 11 is 0. The van der Waals surface area contributed by atoms with E-state index in [0.717, 1.165) is 22.0 Å². The topological polar surface area (TPSA) is 90.1 Å². The van der Waals surface area contributed by atoms with Crippen LogP contribution in [0.1, 0.15) is 18.0 Å². The van der Waals surface area contributed by atoms with E-state index < -0.39 is 6.04 Å². The van der Waals surface area contributed by atoms with E-state index in [1.165, 1.54) is 0 Å². The van der Waals surface area contributed by atoms with Crippen molar-refractivity contribution in [3.63, 3.8) is 0 Å². The number of aromatic nitrogens is 2. The molecule has 3 N–H and O–H groups in total. The highest BCUT2D eigenvalue weighted by Crippen LogP contribution is 2.20. The van der Waals surface area contributed by atoms with Crippen LogP contribution in [0.25, 0.3) is 10.8 Å². The number of rotatable bonds is 5. The monoisotopic (exact) mass is 322 g/mol. The molecule has 6 heteroatoms. The summed E-state index contributed by atoms with van der Waals surface area (Å²) in [5.41, 5.74) is 7.60. The molecule has 1 amide bonds. The van der Waals surface area contributed by atoms with Crippen LogP contribution < -0.4 is 15.8 Å². The van der Waals surface area contributed by atoms with Crippen molar-refractivity contribution >= 4 is 22.4 Å². The van der Waals surface area contributed by atoms with Gasteiger partial charge in [-0.05, 0) is 29.1 Å². The van der Waals surface area contributed by atoms with Gasteiger partial charge in [-0.25, -0.2) is 4.98 Å². The van der Waals surface area contributed by atoms with Gasteiger partial charge in [-0.3, -0.25) is 9.78 Å². The van der Waals surface area contributed by atoms with Crippen LogP contribution in [-0.4, -0.2) is 23.0 Å². The zero-order valence-electron chi connectivity index (χ0n) is 13.3. The first-order valence-corrected chi connectivity index (χ1v) is 7.55. The van der Waals surface area contributed by atoms with Gasteiger partial charge in [-0.1, -0.05) is 12.1 Å². The van der Waals surface area contributed by atoms with E-state index in [1.807, 2.05) is 30.3 Å². The molecule has 24 heavy (non-hydrogen) atoms. The first-order valence-electron chi connectivity index (χ1n) is 7.55. The van der Waals surface area contributed by atoms with Gasteiger partial charge in [0.05, 0.1) is 7.11 Å². The van der Waals surface area contributed by atoms with Crippen molar-refractivity contribution in [3.05, 3.63) is 60.6 Å². The lowest BCUT2D eigenvalue weighted by Gasteiger charge is -2.12. The Labute approximate surface area is 139 Å². The van der Waals surface area contributed by atoms with Crippen LogP contribution in [0.5, 0.6) is 5.88 Å². The molecule has 0 unspecified atom stereocenters. The van der Waals surface area contributed by atoms with Crippen LogP contribution in [-0.2, 0) is 4.79 Å². The highest BCUT2D eigenvalue weighted by molar-refractivity contribution is 5.94. The molecule has 0 aliphatic heterocycles. The van der Waals surface area contributed by atoms with Crippen LogP contribution in [0.4, 0.5) is 5.69 Å². The number of carbonyl (C=O) groups is 1. The second-order valence-corrected chi connectivity index (χ2v) is 5.43. The fraction of sp³-hybridized carbons (Fsp3) is 0.167. The smallest absolute Gasteiger partial charge is 0.226 e. The lowest BCUT2D eigenvalue weighted by atomic mass is 10.1. The predicted octanol–water partition coefficient (Wildman–Crippen LogP) is 2.67. The van der Waals surface area contributed by atoms with E-state index in [1.54, 1.807) is 31.8 Å². The summed E-state index contributed by atoms with van der Waals surface area (Å²) in [7, 11) is 1.55. The Morgan fingerprint density at radius 3 is 2.83 bits per heavy atom. The number of nitrogens with zero attached hydrogens (tertiary/aromatic N) is 2. The molecule has 3 rings (SSSR count). The average Bonchev–Trinajstić information content (AvgIpc) is 2.61. The fourth-order valence-corrected chi connectivity index (χ4v) is 2.42. The van der Waals surface area contributed by atoms with E-state index in [0.29, 0.717) is 5.88 Å². The summed E-state index contributed by atoms with van der Waals surface area (Å²) in [4.78, 5) is 20.4. The maximum absolute atomic E-state index is 12.2. The van der Waals surface area contributed by atoms with Crippen molar-refractivity contribution < 1.29 is 9.53 Å². The number of pyridine rings is 2. The zero-order chi connectivity index (χ0) is 16.9. The first-order chi connectivity index (χ1) is 11.7. The third-order valence-corrected chi connectivity index (χ3v) is 3.73. The summed E-state index contributed by atoms with van der Waals surface area (Å²) in [6, 6.07) is 10.7. The Morgan fingerprint density at radius 1 is 1.21 bits per heavy atom. The van der Waals surface area contributed by atoms with Crippen molar-refractivity contribution in [2.24, 2.45) is 5.73 Å². The zero-order valence-corrected chi connectivity index (χ0v) is 13.3. The van der Waals surface area contributed by atoms with Gasteiger partial charge < -0.3 is 15.8 Å². The van der Waals surface area contributed by atoms with Crippen molar-refractivity contribution in [2.45, 2.75) is 12.5 Å². The molecule has 0 saturated heterocycles. The second kappa shape index (κ2) is 7.06. The first kappa shape index (κ1) is 15.9. The summed E-state index contributed by atoms with van der Waals surface area (Å²) in [6.45, 7) is 0. The third kappa shape index (κ3) is 3.67. The number of benzene rings is 1. The van der Waals surface area contributed by atoms with Gasteiger partial charge >= 0.3 is 0 Å². The number of hydrogen-bond donors (Lipinski definition) is 2. The number of ether oxygens (including phenoxy) is 1. The minimum Gasteiger partial charge on any atom is -0.481 e. The van der Waals surface area contributed by atoms with E-state index in [4.69, 9.17) is 10.5 Å². The van der Waals surface area contributed by atoms with Gasteiger partial charge in [0, 0.05) is 48.2 Å². The SMILES string of the molecule is COc1ccc([C@@H](N)CC(=O)Nc2ccc3cnccc3c2)cn1. The minimum atomic E-state index is -0.423. The van der Waals surface area contributed by atoms with Gasteiger partial charge in [0.1, 0.15) is 0 Å². The molecule has 3 aromatic rings. The molecule has 1 aromatic carbocycles. The Morgan fingerprint density at radius 2 is 2.08 bits per heavy atom. The third-order valence-electron chi connectivity index (χ3n) is 3.73. The van der Waals surface area contributed by atoms with E-state index in [-0.39, 0.29) is 12.3 Å². The molecule has 0 aliphatic rings. The number of anilines is 1. The number of nitrogens with one attached hydrogen (secondary N) is 1. The number of methoxy groups -OCH3 is 1. The maximum atomic E-state index is 12.2. The molecule has 0 fully saturated rings. The summed E-state index contributed by atoms with van der Waals surface area (Å²) < 4.78 is 5.01. The largest absolute Gasteiger partial charge is 0.481 e. The molecule has 0 spiro atoms. The van der Waals surface area contributed by atoms with Crippen molar-refractivity contribution in [1.29, 1.82) is 0 Å². The van der Waals surface area contributed by atoms with Crippen LogP contribution >= 0.6 is 0 Å². The van der Waals surface area contributed by atoms with Crippen molar-refractivity contribution in [3.8, 4) is 5.88 Å². The normalized spacial score (nSPS) is 11.9. The molecule has 2 heterocycles. The molecular formula is C18H18N4O2. The van der Waals surface area contributed by atoms with Gasteiger partial charge in [-0.15, -0.1) is 0 Å². The molecule has 1 atom stereocenters. The Bertz CT molecular complexity index is 849. The number of carbonyl (C=O) groups excluding carboxylic acids is 1.